The Balaban J connectivity index is 2.29. The summed E-state index contributed by atoms with van der Waals surface area (Å²) in [5.41, 5.74) is 8.82. The lowest BCUT2D eigenvalue weighted by atomic mass is 9.97. The van der Waals surface area contributed by atoms with E-state index in [4.69, 9.17) is 11.6 Å². The molecule has 1 saturated heterocycles. The number of nitro groups is 1. The van der Waals surface area contributed by atoms with Crippen molar-refractivity contribution in [3.63, 3.8) is 0 Å². The number of piperidine rings is 1. The fraction of sp³-hybridized carbons (Fsp3) is 0.417. The number of nitro benzene ring substituents is 1. The van der Waals surface area contributed by atoms with Crippen molar-refractivity contribution < 1.29 is 9.72 Å². The quantitative estimate of drug-likeness (QED) is 0.420. The maximum Gasteiger partial charge on any atom is 0.273 e. The molecule has 20 heavy (non-hydrogen) atoms. The van der Waals surface area contributed by atoms with E-state index in [2.05, 4.69) is 5.43 Å². The van der Waals surface area contributed by atoms with Crippen molar-refractivity contribution >= 4 is 23.0 Å². The van der Waals surface area contributed by atoms with Crippen LogP contribution in [0.2, 0.25) is 0 Å². The van der Waals surface area contributed by atoms with Gasteiger partial charge < -0.3 is 16.1 Å². The van der Waals surface area contributed by atoms with Crippen LogP contribution in [0.1, 0.15) is 12.8 Å². The topological polar surface area (TPSA) is 128 Å². The van der Waals surface area contributed by atoms with Gasteiger partial charge in [0.1, 0.15) is 0 Å². The van der Waals surface area contributed by atoms with E-state index >= 15 is 0 Å². The zero-order valence-electron chi connectivity index (χ0n) is 10.9. The number of nitrogens with two attached hydrogens (primary N) is 2. The molecule has 1 fully saturated rings. The maximum absolute atomic E-state index is 11.3. The van der Waals surface area contributed by atoms with Crippen molar-refractivity contribution in [1.82, 2.24) is 0 Å². The van der Waals surface area contributed by atoms with Crippen LogP contribution < -0.4 is 21.9 Å². The summed E-state index contributed by atoms with van der Waals surface area (Å²) in [4.78, 5) is 23.7. The van der Waals surface area contributed by atoms with Crippen LogP contribution >= 0.6 is 0 Å². The fourth-order valence-electron chi connectivity index (χ4n) is 2.41. The molecular formula is C12H17N5O3. The number of nitrogen functional groups attached to an aromatic ring is 1. The first-order valence-corrected chi connectivity index (χ1v) is 6.31. The van der Waals surface area contributed by atoms with Crippen LogP contribution in [0, 0.1) is 16.0 Å². The third-order valence-electron chi connectivity index (χ3n) is 3.47. The summed E-state index contributed by atoms with van der Waals surface area (Å²) >= 11 is 0. The summed E-state index contributed by atoms with van der Waals surface area (Å²) in [6, 6.07) is 4.56. The van der Waals surface area contributed by atoms with Gasteiger partial charge in [-0.15, -0.1) is 0 Å². The van der Waals surface area contributed by atoms with E-state index in [9.17, 15) is 14.9 Å². The molecule has 1 atom stereocenters. The van der Waals surface area contributed by atoms with Crippen LogP contribution in [-0.4, -0.2) is 23.9 Å². The average Bonchev–Trinajstić information content (AvgIpc) is 2.46. The van der Waals surface area contributed by atoms with E-state index in [0.717, 1.165) is 19.4 Å². The first-order valence-electron chi connectivity index (χ1n) is 6.31. The number of nitrogens with one attached hydrogen (secondary N) is 1. The van der Waals surface area contributed by atoms with Crippen LogP contribution in [0.15, 0.2) is 18.2 Å². The van der Waals surface area contributed by atoms with E-state index in [0.29, 0.717) is 17.9 Å². The number of hydrogen-bond acceptors (Lipinski definition) is 6. The van der Waals surface area contributed by atoms with Crippen LogP contribution in [-0.2, 0) is 4.79 Å². The second kappa shape index (κ2) is 5.74. The molecule has 1 amide bonds. The molecule has 0 radical (unpaired) electrons. The number of benzene rings is 1. The highest BCUT2D eigenvalue weighted by atomic mass is 16.6. The monoisotopic (exact) mass is 279 g/mol. The second-order valence-electron chi connectivity index (χ2n) is 4.83. The van der Waals surface area contributed by atoms with E-state index in [-0.39, 0.29) is 17.5 Å². The predicted octanol–water partition coefficient (Wildman–Crippen LogP) is 0.582. The Hall–Kier alpha value is -2.35. The minimum atomic E-state index is -0.472. The van der Waals surface area contributed by atoms with Crippen molar-refractivity contribution in [3.05, 3.63) is 28.3 Å². The Labute approximate surface area is 115 Å². The summed E-state index contributed by atoms with van der Waals surface area (Å²) in [6.07, 6.45) is 1.57. The number of rotatable bonds is 4. The molecule has 0 aliphatic carbocycles. The number of nitrogens with zero attached hydrogens (tertiary/aromatic N) is 2. The third-order valence-corrected chi connectivity index (χ3v) is 3.47. The highest BCUT2D eigenvalue weighted by molar-refractivity contribution is 5.78. The summed E-state index contributed by atoms with van der Waals surface area (Å²) in [5.74, 6) is 4.77. The van der Waals surface area contributed by atoms with Gasteiger partial charge in [0.15, 0.2) is 0 Å². The molecule has 0 spiro atoms. The van der Waals surface area contributed by atoms with Gasteiger partial charge in [-0.25, -0.2) is 0 Å². The van der Waals surface area contributed by atoms with E-state index in [1.807, 2.05) is 4.90 Å². The summed E-state index contributed by atoms with van der Waals surface area (Å²) in [5, 5.41) is 10.9. The minimum Gasteiger partial charge on any atom is -0.370 e. The molecular weight excluding hydrogens is 262 g/mol. The number of carbonyl (C=O) groups is 1. The molecule has 2 rings (SSSR count). The van der Waals surface area contributed by atoms with Crippen molar-refractivity contribution in [2.45, 2.75) is 12.8 Å². The van der Waals surface area contributed by atoms with Gasteiger partial charge in [0.2, 0.25) is 5.91 Å². The van der Waals surface area contributed by atoms with Gasteiger partial charge in [0.05, 0.1) is 16.5 Å². The standard InChI is InChI=1S/C12H17N5O3/c13-12(18)8-2-1-3-16(7-8)10-4-9(15-14)5-11(6-10)17(19)20/h4-6,8,15H,1-3,7,14H2,(H2,13,18). The SMILES string of the molecule is NNc1cc(N2CCCC(C(N)=O)C2)cc([N+](=O)[O-])c1. The number of carbonyl (C=O) groups excluding carboxylic acids is 1. The van der Waals surface area contributed by atoms with Crippen molar-refractivity contribution in [3.8, 4) is 0 Å². The van der Waals surface area contributed by atoms with Crippen LogP contribution in [0.4, 0.5) is 17.1 Å². The van der Waals surface area contributed by atoms with Gasteiger partial charge in [0, 0.05) is 30.9 Å². The first kappa shape index (κ1) is 14.1. The highest BCUT2D eigenvalue weighted by Crippen LogP contribution is 2.29. The van der Waals surface area contributed by atoms with Gasteiger partial charge in [-0.3, -0.25) is 20.8 Å². The number of hydrogen-bond donors (Lipinski definition) is 3. The average molecular weight is 279 g/mol. The lowest BCUT2D eigenvalue weighted by Crippen LogP contribution is -2.41. The molecule has 8 nitrogen and oxygen atoms in total. The van der Waals surface area contributed by atoms with E-state index < -0.39 is 4.92 Å². The fourth-order valence-corrected chi connectivity index (χ4v) is 2.41. The molecule has 1 aliphatic rings. The molecule has 1 heterocycles. The van der Waals surface area contributed by atoms with Crippen LogP contribution in [0.25, 0.3) is 0 Å². The molecule has 1 aromatic rings. The second-order valence-corrected chi connectivity index (χ2v) is 4.83. The Kier molecular flexibility index (Phi) is 4.04. The lowest BCUT2D eigenvalue weighted by molar-refractivity contribution is -0.384. The number of anilines is 2. The third kappa shape index (κ3) is 2.97. The number of non-ortho nitro benzene ring substituents is 1. The normalized spacial score (nSPS) is 18.6. The Morgan fingerprint density at radius 1 is 1.45 bits per heavy atom. The zero-order valence-corrected chi connectivity index (χ0v) is 10.9. The zero-order chi connectivity index (χ0) is 14.7. The van der Waals surface area contributed by atoms with Gasteiger partial charge >= 0.3 is 0 Å². The summed E-state index contributed by atoms with van der Waals surface area (Å²) < 4.78 is 0. The molecule has 8 heteroatoms. The molecule has 1 unspecified atom stereocenters. The smallest absolute Gasteiger partial charge is 0.273 e. The summed E-state index contributed by atoms with van der Waals surface area (Å²) in [6.45, 7) is 1.20. The van der Waals surface area contributed by atoms with Gasteiger partial charge in [-0.2, -0.15) is 0 Å². The molecule has 5 N–H and O–H groups in total. The Morgan fingerprint density at radius 3 is 2.80 bits per heavy atom. The highest BCUT2D eigenvalue weighted by Gasteiger charge is 2.25. The maximum atomic E-state index is 11.3. The Bertz CT molecular complexity index is 534. The number of amides is 1. The molecule has 0 saturated carbocycles. The molecule has 0 bridgehead atoms. The van der Waals surface area contributed by atoms with Crippen molar-refractivity contribution in [2.75, 3.05) is 23.4 Å². The van der Waals surface area contributed by atoms with Gasteiger partial charge in [0.25, 0.3) is 5.69 Å². The number of primary amides is 1. The van der Waals surface area contributed by atoms with Crippen LogP contribution in [0.3, 0.4) is 0 Å². The van der Waals surface area contributed by atoms with E-state index in [1.54, 1.807) is 6.07 Å². The van der Waals surface area contributed by atoms with Crippen molar-refractivity contribution in [1.29, 1.82) is 0 Å². The molecule has 1 aliphatic heterocycles. The Morgan fingerprint density at radius 2 is 2.20 bits per heavy atom. The minimum absolute atomic E-state index is 0.0448. The first-order chi connectivity index (χ1) is 9.51. The molecule has 1 aromatic carbocycles. The van der Waals surface area contributed by atoms with E-state index in [1.165, 1.54) is 12.1 Å². The van der Waals surface area contributed by atoms with Gasteiger partial charge in [-0.05, 0) is 18.9 Å². The largest absolute Gasteiger partial charge is 0.370 e. The predicted molar refractivity (Wildman–Crippen MR) is 75.0 cm³/mol. The molecule has 0 aromatic heterocycles. The van der Waals surface area contributed by atoms with Gasteiger partial charge in [-0.1, -0.05) is 0 Å². The lowest BCUT2D eigenvalue weighted by Gasteiger charge is -2.33. The van der Waals surface area contributed by atoms with Crippen molar-refractivity contribution in [2.24, 2.45) is 17.5 Å². The van der Waals surface area contributed by atoms with Crippen LogP contribution in [0.5, 0.6) is 0 Å². The molecule has 108 valence electrons. The summed E-state index contributed by atoms with van der Waals surface area (Å²) in [7, 11) is 0. The number of hydrazine groups is 1.